The molecule has 2 heterocycles. The minimum absolute atomic E-state index is 0.120. The Labute approximate surface area is 274 Å². The Bertz CT molecular complexity index is 1850. The SMILES string of the molecule is CC1=C(C(=O)OCc2ccccc2)C(c2ccc(OCc3c(Cl)cccc3Cl)cc2)n2nc(SCc3ccccc3F)nc2N1. The summed E-state index contributed by atoms with van der Waals surface area (Å²) < 4.78 is 27.7. The van der Waals surface area contributed by atoms with Crippen LogP contribution in [-0.4, -0.2) is 20.7 Å². The van der Waals surface area contributed by atoms with Crippen molar-refractivity contribution >= 4 is 46.9 Å². The molecular weight excluding hydrogens is 634 g/mol. The number of carbonyl (C=O) groups is 1. The smallest absolute Gasteiger partial charge is 0.338 e. The number of nitrogens with zero attached hydrogens (tertiary/aromatic N) is 3. The third kappa shape index (κ3) is 7.01. The number of thioether (sulfide) groups is 1. The van der Waals surface area contributed by atoms with Gasteiger partial charge in [-0.15, -0.1) is 5.10 Å². The molecule has 1 atom stereocenters. The summed E-state index contributed by atoms with van der Waals surface area (Å²) in [6, 6.07) is 28.1. The molecule has 5 aromatic rings. The van der Waals surface area contributed by atoms with Crippen LogP contribution in [0.1, 0.15) is 35.2 Å². The summed E-state index contributed by atoms with van der Waals surface area (Å²) in [6.45, 7) is 2.12. The van der Waals surface area contributed by atoms with Crippen LogP contribution in [0.3, 0.4) is 0 Å². The fourth-order valence-corrected chi connectivity index (χ4v) is 6.22. The summed E-state index contributed by atoms with van der Waals surface area (Å²) in [4.78, 5) is 18.3. The molecule has 7 nitrogen and oxygen atoms in total. The molecule has 0 aliphatic carbocycles. The van der Waals surface area contributed by atoms with E-state index in [4.69, 9.17) is 37.8 Å². The van der Waals surface area contributed by atoms with E-state index in [1.807, 2.05) is 54.6 Å². The van der Waals surface area contributed by atoms with Crippen molar-refractivity contribution in [2.75, 3.05) is 5.32 Å². The summed E-state index contributed by atoms with van der Waals surface area (Å²) in [6.07, 6.45) is 0. The molecule has 11 heteroatoms. The predicted octanol–water partition coefficient (Wildman–Crippen LogP) is 8.63. The number of benzene rings is 4. The highest BCUT2D eigenvalue weighted by molar-refractivity contribution is 7.98. The monoisotopic (exact) mass is 660 g/mol. The average molecular weight is 662 g/mol. The van der Waals surface area contributed by atoms with Crippen LogP contribution < -0.4 is 10.1 Å². The first kappa shape index (κ1) is 30.7. The summed E-state index contributed by atoms with van der Waals surface area (Å²) >= 11 is 13.9. The van der Waals surface area contributed by atoms with E-state index in [0.717, 1.165) is 11.1 Å². The molecular formula is C34H27Cl2FN4O3S. The van der Waals surface area contributed by atoms with Crippen molar-refractivity contribution < 1.29 is 18.7 Å². The number of ether oxygens (including phenoxy) is 2. The van der Waals surface area contributed by atoms with Crippen LogP contribution in [0, 0.1) is 5.82 Å². The second kappa shape index (κ2) is 13.8. The number of nitrogens with one attached hydrogen (secondary N) is 1. The molecule has 4 aromatic carbocycles. The van der Waals surface area contributed by atoms with E-state index in [-0.39, 0.29) is 19.0 Å². The first-order valence-electron chi connectivity index (χ1n) is 14.0. The lowest BCUT2D eigenvalue weighted by Gasteiger charge is -2.28. The van der Waals surface area contributed by atoms with Crippen LogP contribution >= 0.6 is 35.0 Å². The molecule has 0 saturated heterocycles. The number of allylic oxidation sites excluding steroid dienone is 1. The molecule has 0 saturated carbocycles. The van der Waals surface area contributed by atoms with Crippen LogP contribution in [0.4, 0.5) is 10.3 Å². The Morgan fingerprint density at radius 1 is 0.933 bits per heavy atom. The highest BCUT2D eigenvalue weighted by atomic mass is 35.5. The van der Waals surface area contributed by atoms with Gasteiger partial charge in [-0.05, 0) is 53.9 Å². The number of hydrogen-bond acceptors (Lipinski definition) is 7. The molecule has 1 aromatic heterocycles. The molecule has 45 heavy (non-hydrogen) atoms. The second-order valence-corrected chi connectivity index (χ2v) is 12.0. The minimum atomic E-state index is -0.646. The zero-order chi connectivity index (χ0) is 31.3. The van der Waals surface area contributed by atoms with Gasteiger partial charge in [-0.25, -0.2) is 13.9 Å². The van der Waals surface area contributed by atoms with E-state index in [2.05, 4.69) is 10.3 Å². The Kier molecular flexibility index (Phi) is 9.39. The maximum absolute atomic E-state index is 14.3. The van der Waals surface area contributed by atoms with Crippen LogP contribution in [0.2, 0.25) is 10.0 Å². The molecule has 6 rings (SSSR count). The van der Waals surface area contributed by atoms with Gasteiger partial charge < -0.3 is 14.8 Å². The van der Waals surface area contributed by atoms with Crippen molar-refractivity contribution in [2.24, 2.45) is 0 Å². The molecule has 0 radical (unpaired) electrons. The Morgan fingerprint density at radius 2 is 1.64 bits per heavy atom. The third-order valence-electron chi connectivity index (χ3n) is 7.22. The molecule has 1 aliphatic heterocycles. The van der Waals surface area contributed by atoms with E-state index in [1.54, 1.807) is 48.0 Å². The van der Waals surface area contributed by atoms with E-state index >= 15 is 0 Å². The number of aromatic nitrogens is 3. The molecule has 1 aliphatic rings. The number of carbonyl (C=O) groups excluding carboxylic acids is 1. The topological polar surface area (TPSA) is 78.3 Å². The molecule has 1 N–H and O–H groups in total. The van der Waals surface area contributed by atoms with Crippen LogP contribution in [0.15, 0.2) is 113 Å². The predicted molar refractivity (Wildman–Crippen MR) is 174 cm³/mol. The summed E-state index contributed by atoms with van der Waals surface area (Å²) in [5, 5.41) is 9.43. The standard InChI is InChI=1S/C34H27Cl2FN4O3S/c1-21-30(32(42)44-18-22-8-3-2-4-9-22)31(23-14-16-25(17-15-23)43-19-26-27(35)11-7-12-28(26)36)41-33(38-21)39-34(40-41)45-20-24-10-5-6-13-29(24)37/h2-17,31H,18-20H2,1H3,(H,38,39,40). The van der Waals surface area contributed by atoms with Gasteiger partial charge in [0, 0.05) is 27.1 Å². The van der Waals surface area contributed by atoms with Gasteiger partial charge in [-0.3, -0.25) is 0 Å². The van der Waals surface area contributed by atoms with Crippen LogP contribution in [0.5, 0.6) is 5.75 Å². The molecule has 0 amide bonds. The summed E-state index contributed by atoms with van der Waals surface area (Å²) in [7, 11) is 0. The first-order valence-corrected chi connectivity index (χ1v) is 15.8. The lowest BCUT2D eigenvalue weighted by molar-refractivity contribution is -0.140. The van der Waals surface area contributed by atoms with Crippen molar-refractivity contribution in [1.82, 2.24) is 14.8 Å². The number of rotatable bonds is 10. The average Bonchev–Trinajstić information content (AvgIpc) is 3.45. The zero-order valence-electron chi connectivity index (χ0n) is 24.0. The van der Waals surface area contributed by atoms with Crippen molar-refractivity contribution in [3.8, 4) is 5.75 Å². The minimum Gasteiger partial charge on any atom is -0.489 e. The Balaban J connectivity index is 1.28. The van der Waals surface area contributed by atoms with Gasteiger partial charge >= 0.3 is 5.97 Å². The van der Waals surface area contributed by atoms with Crippen molar-refractivity contribution in [3.63, 3.8) is 0 Å². The maximum atomic E-state index is 14.3. The van der Waals surface area contributed by atoms with Crippen molar-refractivity contribution in [1.29, 1.82) is 0 Å². The molecule has 0 fully saturated rings. The second-order valence-electron chi connectivity index (χ2n) is 10.2. The highest BCUT2D eigenvalue weighted by Crippen LogP contribution is 2.38. The molecule has 228 valence electrons. The summed E-state index contributed by atoms with van der Waals surface area (Å²) in [5.74, 6) is 0.634. The molecule has 1 unspecified atom stereocenters. The van der Waals surface area contributed by atoms with Gasteiger partial charge in [0.15, 0.2) is 0 Å². The van der Waals surface area contributed by atoms with Crippen LogP contribution in [-0.2, 0) is 28.5 Å². The van der Waals surface area contributed by atoms with Gasteiger partial charge in [0.05, 0.1) is 5.57 Å². The van der Waals surface area contributed by atoms with E-state index in [1.165, 1.54) is 17.8 Å². The van der Waals surface area contributed by atoms with E-state index in [9.17, 15) is 9.18 Å². The van der Waals surface area contributed by atoms with E-state index in [0.29, 0.717) is 55.0 Å². The van der Waals surface area contributed by atoms with Gasteiger partial charge in [0.1, 0.15) is 30.8 Å². The number of esters is 1. The normalized spacial score (nSPS) is 14.1. The van der Waals surface area contributed by atoms with Gasteiger partial charge in [-0.2, -0.15) is 4.98 Å². The zero-order valence-corrected chi connectivity index (χ0v) is 26.4. The number of anilines is 1. The maximum Gasteiger partial charge on any atom is 0.338 e. The van der Waals surface area contributed by atoms with Crippen molar-refractivity contribution in [3.05, 3.63) is 146 Å². The Morgan fingerprint density at radius 3 is 2.38 bits per heavy atom. The van der Waals surface area contributed by atoms with Gasteiger partial charge in [0.25, 0.3) is 0 Å². The third-order valence-corrected chi connectivity index (χ3v) is 8.82. The number of halogens is 3. The highest BCUT2D eigenvalue weighted by Gasteiger charge is 2.35. The molecule has 0 bridgehead atoms. The lowest BCUT2D eigenvalue weighted by atomic mass is 9.95. The number of fused-ring (bicyclic) bond motifs is 1. The quantitative estimate of drug-likeness (QED) is 0.119. The van der Waals surface area contributed by atoms with Crippen molar-refractivity contribution in [2.45, 2.75) is 37.1 Å². The largest absolute Gasteiger partial charge is 0.489 e. The van der Waals surface area contributed by atoms with Gasteiger partial charge in [-0.1, -0.05) is 102 Å². The van der Waals surface area contributed by atoms with Gasteiger partial charge in [0.2, 0.25) is 11.1 Å². The number of hydrogen-bond donors (Lipinski definition) is 1. The summed E-state index contributed by atoms with van der Waals surface area (Å²) in [5.41, 5.74) is 3.87. The fourth-order valence-electron chi connectivity index (χ4n) is 4.90. The van der Waals surface area contributed by atoms with E-state index < -0.39 is 12.0 Å². The van der Waals surface area contributed by atoms with Crippen LogP contribution in [0.25, 0.3) is 0 Å². The first-order chi connectivity index (χ1) is 21.9. The molecule has 0 spiro atoms. The Hall–Kier alpha value is -4.31. The fraction of sp³-hybridized carbons (Fsp3) is 0.147. The lowest BCUT2D eigenvalue weighted by Crippen LogP contribution is -2.29.